The molecule has 1 saturated heterocycles. The summed E-state index contributed by atoms with van der Waals surface area (Å²) < 4.78 is 15.4. The van der Waals surface area contributed by atoms with Crippen molar-refractivity contribution in [2.75, 3.05) is 27.4 Å². The molecule has 0 bridgehead atoms. The van der Waals surface area contributed by atoms with Crippen LogP contribution in [0.4, 0.5) is 0 Å². The number of amides is 2. The van der Waals surface area contributed by atoms with Gasteiger partial charge in [0.1, 0.15) is 0 Å². The van der Waals surface area contributed by atoms with Gasteiger partial charge in [-0.15, -0.1) is 0 Å². The van der Waals surface area contributed by atoms with E-state index in [1.807, 2.05) is 6.07 Å². The molecule has 7 nitrogen and oxygen atoms in total. The lowest BCUT2D eigenvalue weighted by Gasteiger charge is -2.13. The Labute approximate surface area is 171 Å². The molecule has 2 rings (SSSR count). The highest BCUT2D eigenvalue weighted by molar-refractivity contribution is 6.15. The second-order valence-corrected chi connectivity index (χ2v) is 6.78. The van der Waals surface area contributed by atoms with Crippen LogP contribution < -0.4 is 9.47 Å². The third-order valence-electron chi connectivity index (χ3n) is 4.73. The van der Waals surface area contributed by atoms with Crippen molar-refractivity contribution in [1.82, 2.24) is 4.90 Å². The van der Waals surface area contributed by atoms with Crippen LogP contribution in [0.2, 0.25) is 0 Å². The van der Waals surface area contributed by atoms with E-state index >= 15 is 0 Å². The van der Waals surface area contributed by atoms with Gasteiger partial charge in [-0.05, 0) is 43.5 Å². The summed E-state index contributed by atoms with van der Waals surface area (Å²) in [5.74, 6) is 0.582. The van der Waals surface area contributed by atoms with Crippen LogP contribution in [-0.2, 0) is 19.1 Å². The normalized spacial score (nSPS) is 15.1. The summed E-state index contributed by atoms with van der Waals surface area (Å²) >= 11 is 0. The van der Waals surface area contributed by atoms with Gasteiger partial charge in [0.05, 0.1) is 27.2 Å². The molecule has 1 aliphatic rings. The highest BCUT2D eigenvalue weighted by Crippen LogP contribution is 2.30. The number of carbonyl (C=O) groups excluding carboxylic acids is 3. The van der Waals surface area contributed by atoms with Gasteiger partial charge >= 0.3 is 5.97 Å². The summed E-state index contributed by atoms with van der Waals surface area (Å²) in [5.41, 5.74) is 1.25. The minimum Gasteiger partial charge on any atom is -0.493 e. The SMILES string of the molecule is CCOC(=O)CCCCCCN1C(=O)C/C(=C\c2ccc(OC)c(OC)c2)C1=O. The number of ether oxygens (including phenoxy) is 3. The van der Waals surface area contributed by atoms with Gasteiger partial charge in [0.15, 0.2) is 11.5 Å². The number of hydrogen-bond donors (Lipinski definition) is 0. The zero-order valence-corrected chi connectivity index (χ0v) is 17.4. The molecule has 1 heterocycles. The summed E-state index contributed by atoms with van der Waals surface area (Å²) in [6, 6.07) is 5.36. The molecule has 158 valence electrons. The first-order chi connectivity index (χ1) is 14.0. The first-order valence-corrected chi connectivity index (χ1v) is 9.93. The number of likely N-dealkylation sites (tertiary alicyclic amines) is 1. The lowest BCUT2D eigenvalue weighted by molar-refractivity contribution is -0.143. The van der Waals surface area contributed by atoms with E-state index in [4.69, 9.17) is 14.2 Å². The number of benzene rings is 1. The van der Waals surface area contributed by atoms with E-state index in [0.29, 0.717) is 36.6 Å². The second-order valence-electron chi connectivity index (χ2n) is 6.78. The van der Waals surface area contributed by atoms with E-state index in [2.05, 4.69) is 0 Å². The fourth-order valence-corrected chi connectivity index (χ4v) is 3.23. The van der Waals surface area contributed by atoms with Crippen LogP contribution in [0.25, 0.3) is 6.08 Å². The lowest BCUT2D eigenvalue weighted by atomic mass is 10.1. The van der Waals surface area contributed by atoms with E-state index in [-0.39, 0.29) is 24.2 Å². The van der Waals surface area contributed by atoms with Crippen LogP contribution in [-0.4, -0.2) is 50.1 Å². The highest BCUT2D eigenvalue weighted by atomic mass is 16.5. The smallest absolute Gasteiger partial charge is 0.305 e. The maximum Gasteiger partial charge on any atom is 0.305 e. The molecule has 0 saturated carbocycles. The molecule has 1 fully saturated rings. The van der Waals surface area contributed by atoms with Gasteiger partial charge in [0.2, 0.25) is 5.91 Å². The molecule has 0 aliphatic carbocycles. The van der Waals surface area contributed by atoms with Gasteiger partial charge in [-0.25, -0.2) is 0 Å². The van der Waals surface area contributed by atoms with Gasteiger partial charge in [-0.3, -0.25) is 19.3 Å². The summed E-state index contributed by atoms with van der Waals surface area (Å²) in [6.07, 6.45) is 5.44. The maximum absolute atomic E-state index is 12.6. The Morgan fingerprint density at radius 2 is 1.79 bits per heavy atom. The lowest BCUT2D eigenvalue weighted by Crippen LogP contribution is -2.30. The molecule has 0 N–H and O–H groups in total. The van der Waals surface area contributed by atoms with Crippen molar-refractivity contribution < 1.29 is 28.6 Å². The summed E-state index contributed by atoms with van der Waals surface area (Å²) in [4.78, 5) is 37.5. The zero-order valence-electron chi connectivity index (χ0n) is 17.4. The monoisotopic (exact) mass is 403 g/mol. The molecular formula is C22H29NO6. The van der Waals surface area contributed by atoms with Crippen LogP contribution in [0.5, 0.6) is 11.5 Å². The predicted molar refractivity (Wildman–Crippen MR) is 109 cm³/mol. The van der Waals surface area contributed by atoms with Crippen LogP contribution in [0.1, 0.15) is 51.0 Å². The average molecular weight is 403 g/mol. The quantitative estimate of drug-likeness (QED) is 0.244. The van der Waals surface area contributed by atoms with Crippen molar-refractivity contribution in [3.63, 3.8) is 0 Å². The number of nitrogens with zero attached hydrogens (tertiary/aromatic N) is 1. The van der Waals surface area contributed by atoms with Gasteiger partial charge in [-0.2, -0.15) is 0 Å². The molecule has 2 amide bonds. The minimum atomic E-state index is -0.240. The predicted octanol–water partition coefficient (Wildman–Crippen LogP) is 3.36. The highest BCUT2D eigenvalue weighted by Gasteiger charge is 2.33. The molecule has 1 aliphatic heterocycles. The first-order valence-electron chi connectivity index (χ1n) is 9.93. The number of methoxy groups -OCH3 is 2. The number of rotatable bonds is 11. The van der Waals surface area contributed by atoms with Gasteiger partial charge in [0.25, 0.3) is 5.91 Å². The van der Waals surface area contributed by atoms with E-state index in [1.165, 1.54) is 4.90 Å². The molecule has 1 aromatic carbocycles. The number of carbonyl (C=O) groups is 3. The van der Waals surface area contributed by atoms with Crippen molar-refractivity contribution in [2.24, 2.45) is 0 Å². The first kappa shape index (κ1) is 22.5. The number of hydrogen-bond acceptors (Lipinski definition) is 6. The molecule has 0 aromatic heterocycles. The van der Waals surface area contributed by atoms with Crippen molar-refractivity contribution >= 4 is 23.9 Å². The molecule has 7 heteroatoms. The number of unbranched alkanes of at least 4 members (excludes halogenated alkanes) is 3. The Bertz CT molecular complexity index is 771. The summed E-state index contributed by atoms with van der Waals surface area (Å²) in [6.45, 7) is 2.59. The van der Waals surface area contributed by atoms with Gasteiger partial charge in [0, 0.05) is 18.5 Å². The Morgan fingerprint density at radius 3 is 2.48 bits per heavy atom. The molecule has 0 spiro atoms. The van der Waals surface area contributed by atoms with Gasteiger partial charge < -0.3 is 14.2 Å². The van der Waals surface area contributed by atoms with Crippen LogP contribution in [0.15, 0.2) is 23.8 Å². The van der Waals surface area contributed by atoms with Gasteiger partial charge in [-0.1, -0.05) is 18.9 Å². The summed E-state index contributed by atoms with van der Waals surface area (Å²) in [5, 5.41) is 0. The molecule has 1 aromatic rings. The van der Waals surface area contributed by atoms with Crippen molar-refractivity contribution in [3.05, 3.63) is 29.3 Å². The fourth-order valence-electron chi connectivity index (χ4n) is 3.23. The fraction of sp³-hybridized carbons (Fsp3) is 0.500. The van der Waals surface area contributed by atoms with E-state index in [1.54, 1.807) is 39.4 Å². The zero-order chi connectivity index (χ0) is 21.2. The average Bonchev–Trinajstić information content (AvgIpc) is 2.97. The molecular weight excluding hydrogens is 374 g/mol. The number of imide groups is 1. The van der Waals surface area contributed by atoms with Crippen molar-refractivity contribution in [1.29, 1.82) is 0 Å². The van der Waals surface area contributed by atoms with E-state index in [0.717, 1.165) is 31.2 Å². The molecule has 0 atom stereocenters. The summed E-state index contributed by atoms with van der Waals surface area (Å²) in [7, 11) is 3.11. The topological polar surface area (TPSA) is 82.1 Å². The minimum absolute atomic E-state index is 0.107. The number of esters is 1. The Hall–Kier alpha value is -2.83. The third-order valence-corrected chi connectivity index (χ3v) is 4.73. The Balaban J connectivity index is 1.86. The third kappa shape index (κ3) is 6.34. The molecule has 0 radical (unpaired) electrons. The van der Waals surface area contributed by atoms with E-state index < -0.39 is 0 Å². The Morgan fingerprint density at radius 1 is 1.07 bits per heavy atom. The largest absolute Gasteiger partial charge is 0.493 e. The van der Waals surface area contributed by atoms with E-state index in [9.17, 15) is 14.4 Å². The van der Waals surface area contributed by atoms with Crippen molar-refractivity contribution in [3.8, 4) is 11.5 Å². The molecule has 0 unspecified atom stereocenters. The maximum atomic E-state index is 12.6. The Kier molecular flexibility index (Phi) is 8.70. The molecule has 29 heavy (non-hydrogen) atoms. The second kappa shape index (κ2) is 11.2. The van der Waals surface area contributed by atoms with Crippen LogP contribution in [0.3, 0.4) is 0 Å². The van der Waals surface area contributed by atoms with Crippen LogP contribution in [0, 0.1) is 0 Å². The van der Waals surface area contributed by atoms with Crippen molar-refractivity contribution in [2.45, 2.75) is 45.4 Å². The van der Waals surface area contributed by atoms with Crippen LogP contribution >= 0.6 is 0 Å². The standard InChI is InChI=1S/C22H29NO6/c1-4-29-21(25)9-7-5-6-8-12-23-20(24)15-17(22(23)26)13-16-10-11-18(27-2)19(14-16)28-3/h10-11,13-14H,4-9,12,15H2,1-3H3/b17-13+.